The van der Waals surface area contributed by atoms with E-state index >= 15 is 0 Å². The number of nitrogens with one attached hydrogen (secondary N) is 1. The SMILES string of the molecule is CC(CO)NC(=O)c1cc(C2CC2)nc2onc(CC(C)(C)C)c12. The van der Waals surface area contributed by atoms with E-state index < -0.39 is 0 Å². The molecule has 6 heteroatoms. The summed E-state index contributed by atoms with van der Waals surface area (Å²) in [6.45, 7) is 8.02. The quantitative estimate of drug-likeness (QED) is 0.879. The normalized spacial score (nSPS) is 16.4. The van der Waals surface area contributed by atoms with Gasteiger partial charge < -0.3 is 14.9 Å². The van der Waals surface area contributed by atoms with Crippen molar-refractivity contribution < 1.29 is 14.4 Å². The van der Waals surface area contributed by atoms with Crippen molar-refractivity contribution in [1.82, 2.24) is 15.5 Å². The van der Waals surface area contributed by atoms with Crippen LogP contribution in [0, 0.1) is 5.41 Å². The minimum Gasteiger partial charge on any atom is -0.394 e. The van der Waals surface area contributed by atoms with Crippen molar-refractivity contribution in [2.45, 2.75) is 58.9 Å². The Kier molecular flexibility index (Phi) is 4.34. The Morgan fingerprint density at radius 1 is 1.46 bits per heavy atom. The van der Waals surface area contributed by atoms with Gasteiger partial charge in [-0.15, -0.1) is 0 Å². The molecule has 0 saturated heterocycles. The Hall–Kier alpha value is -1.95. The number of nitrogens with zero attached hydrogens (tertiary/aromatic N) is 2. The van der Waals surface area contributed by atoms with E-state index in [9.17, 15) is 9.90 Å². The second kappa shape index (κ2) is 6.16. The molecule has 1 unspecified atom stereocenters. The molecular formula is C18H25N3O3. The molecule has 24 heavy (non-hydrogen) atoms. The topological polar surface area (TPSA) is 88.2 Å². The average molecular weight is 331 g/mol. The second-order valence-corrected chi connectivity index (χ2v) is 7.97. The van der Waals surface area contributed by atoms with Crippen molar-refractivity contribution in [3.8, 4) is 0 Å². The molecule has 1 saturated carbocycles. The van der Waals surface area contributed by atoms with Crippen molar-refractivity contribution in [1.29, 1.82) is 0 Å². The molecule has 3 rings (SSSR count). The van der Waals surface area contributed by atoms with E-state index in [4.69, 9.17) is 4.52 Å². The Bertz CT molecular complexity index is 757. The summed E-state index contributed by atoms with van der Waals surface area (Å²) in [5, 5.41) is 16.9. The van der Waals surface area contributed by atoms with Crippen LogP contribution in [0.5, 0.6) is 0 Å². The van der Waals surface area contributed by atoms with Crippen LogP contribution in [0.15, 0.2) is 10.6 Å². The highest BCUT2D eigenvalue weighted by Crippen LogP contribution is 2.40. The summed E-state index contributed by atoms with van der Waals surface area (Å²) >= 11 is 0. The van der Waals surface area contributed by atoms with Crippen molar-refractivity contribution in [3.05, 3.63) is 23.0 Å². The molecule has 2 heterocycles. The van der Waals surface area contributed by atoms with Crippen LogP contribution in [0.4, 0.5) is 0 Å². The minimum atomic E-state index is -0.309. The van der Waals surface area contributed by atoms with Gasteiger partial charge in [0.1, 0.15) is 0 Å². The number of aliphatic hydroxyl groups excluding tert-OH is 1. The van der Waals surface area contributed by atoms with Gasteiger partial charge >= 0.3 is 0 Å². The summed E-state index contributed by atoms with van der Waals surface area (Å²) in [7, 11) is 0. The molecule has 0 aliphatic heterocycles. The maximum absolute atomic E-state index is 12.7. The van der Waals surface area contributed by atoms with E-state index in [2.05, 4.69) is 36.2 Å². The van der Waals surface area contributed by atoms with Crippen molar-refractivity contribution in [2.24, 2.45) is 5.41 Å². The van der Waals surface area contributed by atoms with Gasteiger partial charge in [-0.1, -0.05) is 25.9 Å². The van der Waals surface area contributed by atoms with E-state index in [-0.39, 0.29) is 24.0 Å². The lowest BCUT2D eigenvalue weighted by Crippen LogP contribution is -2.35. The molecule has 0 bridgehead atoms. The van der Waals surface area contributed by atoms with Crippen LogP contribution in [0.25, 0.3) is 11.1 Å². The lowest BCUT2D eigenvalue weighted by molar-refractivity contribution is 0.0923. The summed E-state index contributed by atoms with van der Waals surface area (Å²) in [5.41, 5.74) is 2.64. The molecule has 0 spiro atoms. The van der Waals surface area contributed by atoms with E-state index in [0.29, 0.717) is 29.0 Å². The largest absolute Gasteiger partial charge is 0.394 e. The van der Waals surface area contributed by atoms with Gasteiger partial charge in [-0.2, -0.15) is 0 Å². The molecule has 2 aromatic heterocycles. The Labute approximate surface area is 141 Å². The summed E-state index contributed by atoms with van der Waals surface area (Å²) in [4.78, 5) is 17.3. The molecule has 6 nitrogen and oxygen atoms in total. The number of fused-ring (bicyclic) bond motifs is 1. The Morgan fingerprint density at radius 3 is 2.75 bits per heavy atom. The van der Waals surface area contributed by atoms with Gasteiger partial charge in [0.25, 0.3) is 11.6 Å². The van der Waals surface area contributed by atoms with Crippen molar-refractivity contribution in [2.75, 3.05) is 6.61 Å². The number of carbonyl (C=O) groups is 1. The zero-order valence-electron chi connectivity index (χ0n) is 14.7. The first kappa shape index (κ1) is 16.9. The number of hydrogen-bond donors (Lipinski definition) is 2. The highest BCUT2D eigenvalue weighted by Gasteiger charge is 2.30. The van der Waals surface area contributed by atoms with Gasteiger partial charge in [-0.25, -0.2) is 4.98 Å². The predicted molar refractivity (Wildman–Crippen MR) is 91.0 cm³/mol. The zero-order valence-corrected chi connectivity index (χ0v) is 14.7. The third kappa shape index (κ3) is 3.59. The predicted octanol–water partition coefficient (Wildman–Crippen LogP) is 2.80. The lowest BCUT2D eigenvalue weighted by Gasteiger charge is -2.17. The van der Waals surface area contributed by atoms with Crippen LogP contribution in [-0.4, -0.2) is 33.8 Å². The molecule has 1 fully saturated rings. The monoisotopic (exact) mass is 331 g/mol. The third-order valence-corrected chi connectivity index (χ3v) is 4.13. The lowest BCUT2D eigenvalue weighted by atomic mass is 9.89. The minimum absolute atomic E-state index is 0.0190. The molecule has 1 amide bonds. The molecule has 2 aromatic rings. The number of carbonyl (C=O) groups excluding carboxylic acids is 1. The van der Waals surface area contributed by atoms with E-state index in [1.807, 2.05) is 6.07 Å². The molecular weight excluding hydrogens is 306 g/mol. The Morgan fingerprint density at radius 2 is 2.17 bits per heavy atom. The molecule has 1 aliphatic rings. The smallest absolute Gasteiger partial charge is 0.259 e. The number of aromatic nitrogens is 2. The number of hydrogen-bond acceptors (Lipinski definition) is 5. The fourth-order valence-electron chi connectivity index (χ4n) is 2.77. The number of amides is 1. The molecule has 1 atom stereocenters. The van der Waals surface area contributed by atoms with Gasteiger partial charge in [-0.3, -0.25) is 4.79 Å². The van der Waals surface area contributed by atoms with Crippen LogP contribution in [0.1, 0.15) is 68.2 Å². The molecule has 0 radical (unpaired) electrons. The highest BCUT2D eigenvalue weighted by molar-refractivity contribution is 6.06. The van der Waals surface area contributed by atoms with Crippen LogP contribution in [0.3, 0.4) is 0 Å². The molecule has 130 valence electrons. The fraction of sp³-hybridized carbons (Fsp3) is 0.611. The first-order valence-corrected chi connectivity index (χ1v) is 8.49. The molecule has 1 aliphatic carbocycles. The maximum Gasteiger partial charge on any atom is 0.259 e. The van der Waals surface area contributed by atoms with Crippen LogP contribution in [0.2, 0.25) is 0 Å². The highest BCUT2D eigenvalue weighted by atomic mass is 16.5. The molecule has 0 aromatic carbocycles. The number of aliphatic hydroxyl groups is 1. The zero-order chi connectivity index (χ0) is 17.5. The van der Waals surface area contributed by atoms with Gasteiger partial charge in [-0.05, 0) is 37.7 Å². The summed E-state index contributed by atoms with van der Waals surface area (Å²) in [5.74, 6) is 0.191. The fourth-order valence-corrected chi connectivity index (χ4v) is 2.77. The third-order valence-electron chi connectivity index (χ3n) is 4.13. The van der Waals surface area contributed by atoms with E-state index in [1.165, 1.54) is 0 Å². The summed E-state index contributed by atoms with van der Waals surface area (Å²) in [6, 6.07) is 1.55. The average Bonchev–Trinajstić information content (AvgIpc) is 3.28. The second-order valence-electron chi connectivity index (χ2n) is 7.97. The van der Waals surface area contributed by atoms with Gasteiger partial charge in [0.2, 0.25) is 0 Å². The summed E-state index contributed by atoms with van der Waals surface area (Å²) in [6.07, 6.45) is 2.88. The first-order valence-electron chi connectivity index (χ1n) is 8.49. The summed E-state index contributed by atoms with van der Waals surface area (Å²) < 4.78 is 5.45. The van der Waals surface area contributed by atoms with Gasteiger partial charge in [0, 0.05) is 17.7 Å². The first-order chi connectivity index (χ1) is 11.3. The van der Waals surface area contributed by atoms with Crippen LogP contribution in [-0.2, 0) is 6.42 Å². The van der Waals surface area contributed by atoms with Crippen molar-refractivity contribution >= 4 is 17.0 Å². The van der Waals surface area contributed by atoms with Crippen molar-refractivity contribution in [3.63, 3.8) is 0 Å². The number of pyridine rings is 1. The van der Waals surface area contributed by atoms with Crippen LogP contribution < -0.4 is 5.32 Å². The standard InChI is InChI=1S/C18H25N3O3/c1-10(9-22)19-16(23)12-7-13(11-5-6-11)20-17-15(12)14(21-24-17)8-18(2,3)4/h7,10-11,22H,5-6,8-9H2,1-4H3,(H,19,23). The maximum atomic E-state index is 12.7. The molecule has 2 N–H and O–H groups in total. The van der Waals surface area contributed by atoms with Crippen LogP contribution >= 0.6 is 0 Å². The van der Waals surface area contributed by atoms with Gasteiger partial charge in [0.05, 0.1) is 23.3 Å². The van der Waals surface area contributed by atoms with E-state index in [1.54, 1.807) is 6.92 Å². The van der Waals surface area contributed by atoms with E-state index in [0.717, 1.165) is 24.2 Å². The van der Waals surface area contributed by atoms with Gasteiger partial charge in [0.15, 0.2) is 0 Å². The Balaban J connectivity index is 2.08. The number of rotatable bonds is 5.